The first kappa shape index (κ1) is 10.4. The van der Waals surface area contributed by atoms with E-state index in [0.717, 1.165) is 12.3 Å². The monoisotopic (exact) mass is 194 g/mol. The van der Waals surface area contributed by atoms with Crippen LogP contribution in [0.15, 0.2) is 30.7 Å². The Labute approximate surface area is 81.9 Å². The summed E-state index contributed by atoms with van der Waals surface area (Å²) in [6.45, 7) is 3.59. The molecule has 0 saturated heterocycles. The van der Waals surface area contributed by atoms with Crippen LogP contribution in [0, 0.1) is 5.82 Å². The van der Waals surface area contributed by atoms with Crippen LogP contribution >= 0.6 is 0 Å². The molecule has 4 heteroatoms. The summed E-state index contributed by atoms with van der Waals surface area (Å²) < 4.78 is 12.7. The van der Waals surface area contributed by atoms with Gasteiger partial charge in [-0.25, -0.2) is 4.39 Å². The van der Waals surface area contributed by atoms with Crippen LogP contribution in [0.1, 0.15) is 10.4 Å². The number of pyridine rings is 1. The average molecular weight is 194 g/mol. The Bertz CT molecular complexity index is 374. The summed E-state index contributed by atoms with van der Waals surface area (Å²) in [4.78, 5) is 16.8. The summed E-state index contributed by atoms with van der Waals surface area (Å²) in [5.41, 5.74) is 0.515. The molecule has 0 fully saturated rings. The molecule has 0 bridgehead atoms. The number of rotatable bonds is 3. The highest BCUT2D eigenvalue weighted by molar-refractivity contribution is 6.07. The molecule has 1 heterocycles. The van der Waals surface area contributed by atoms with Crippen LogP contribution < -0.4 is 0 Å². The van der Waals surface area contributed by atoms with E-state index < -0.39 is 5.82 Å². The maximum Gasteiger partial charge on any atom is 0.210 e. The molecular formula is C10H11FN2O. The van der Waals surface area contributed by atoms with Crippen molar-refractivity contribution in [1.29, 1.82) is 0 Å². The first-order chi connectivity index (χ1) is 6.52. The molecule has 0 spiro atoms. The molecular weight excluding hydrogens is 183 g/mol. The summed E-state index contributed by atoms with van der Waals surface area (Å²) in [5.74, 6) is -0.843. The van der Waals surface area contributed by atoms with Crippen molar-refractivity contribution in [3.8, 4) is 0 Å². The minimum Gasteiger partial charge on any atom is -0.375 e. The smallest absolute Gasteiger partial charge is 0.210 e. The van der Waals surface area contributed by atoms with E-state index in [-0.39, 0.29) is 11.3 Å². The van der Waals surface area contributed by atoms with Gasteiger partial charge in [-0.2, -0.15) is 0 Å². The van der Waals surface area contributed by atoms with Gasteiger partial charge in [0.25, 0.3) is 0 Å². The quantitative estimate of drug-likeness (QED) is 0.539. The molecule has 0 unspecified atom stereocenters. The first-order valence-corrected chi connectivity index (χ1v) is 4.04. The molecule has 0 saturated carbocycles. The molecule has 74 valence electrons. The lowest BCUT2D eigenvalue weighted by molar-refractivity contribution is 0.100. The van der Waals surface area contributed by atoms with Crippen LogP contribution in [-0.2, 0) is 0 Å². The summed E-state index contributed by atoms with van der Waals surface area (Å²) in [5, 5.41) is 0. The SMILES string of the molecule is C=C(C(=O)c1cncc(F)c1)N(C)C. The van der Waals surface area contributed by atoms with E-state index in [1.54, 1.807) is 19.0 Å². The Balaban J connectivity index is 2.95. The predicted octanol–water partition coefficient (Wildman–Crippen LogP) is 1.48. The number of allylic oxidation sites excluding steroid dienone is 1. The van der Waals surface area contributed by atoms with Gasteiger partial charge in [0.15, 0.2) is 0 Å². The fourth-order valence-corrected chi connectivity index (χ4v) is 0.906. The number of carbonyl (C=O) groups is 1. The highest BCUT2D eigenvalue weighted by Crippen LogP contribution is 2.08. The Hall–Kier alpha value is -1.71. The molecule has 0 aromatic carbocycles. The van der Waals surface area contributed by atoms with Crippen molar-refractivity contribution in [2.24, 2.45) is 0 Å². The van der Waals surface area contributed by atoms with Crippen LogP contribution in [0.5, 0.6) is 0 Å². The first-order valence-electron chi connectivity index (χ1n) is 4.04. The van der Waals surface area contributed by atoms with Crippen LogP contribution in [0.25, 0.3) is 0 Å². The number of likely N-dealkylation sites (N-methyl/N-ethyl adjacent to an activating group) is 1. The van der Waals surface area contributed by atoms with Gasteiger partial charge in [0.05, 0.1) is 11.9 Å². The number of Topliss-reactive ketones (excluding diaryl/α,β-unsaturated/α-hetero) is 1. The van der Waals surface area contributed by atoms with Crippen molar-refractivity contribution >= 4 is 5.78 Å². The Kier molecular flexibility index (Phi) is 2.96. The molecule has 0 amide bonds. The van der Waals surface area contributed by atoms with Crippen LogP contribution in [0.2, 0.25) is 0 Å². The van der Waals surface area contributed by atoms with Gasteiger partial charge in [0, 0.05) is 25.9 Å². The topological polar surface area (TPSA) is 33.2 Å². The van der Waals surface area contributed by atoms with Gasteiger partial charge < -0.3 is 4.90 Å². The third-order valence-electron chi connectivity index (χ3n) is 1.77. The van der Waals surface area contributed by atoms with Crippen molar-refractivity contribution in [2.45, 2.75) is 0 Å². The Morgan fingerprint density at radius 3 is 2.64 bits per heavy atom. The largest absolute Gasteiger partial charge is 0.375 e. The van der Waals surface area contributed by atoms with Crippen molar-refractivity contribution < 1.29 is 9.18 Å². The number of carbonyl (C=O) groups excluding carboxylic acids is 1. The highest BCUT2D eigenvalue weighted by Gasteiger charge is 2.12. The maximum atomic E-state index is 12.7. The van der Waals surface area contributed by atoms with E-state index in [2.05, 4.69) is 11.6 Å². The van der Waals surface area contributed by atoms with E-state index >= 15 is 0 Å². The molecule has 1 aromatic rings. The van der Waals surface area contributed by atoms with E-state index in [1.165, 1.54) is 6.20 Å². The lowest BCUT2D eigenvalue weighted by Crippen LogP contribution is -2.18. The fourth-order valence-electron chi connectivity index (χ4n) is 0.906. The molecule has 0 aliphatic heterocycles. The second-order valence-electron chi connectivity index (χ2n) is 3.06. The molecule has 0 aliphatic rings. The second-order valence-corrected chi connectivity index (χ2v) is 3.06. The zero-order valence-corrected chi connectivity index (χ0v) is 8.12. The molecule has 3 nitrogen and oxygen atoms in total. The van der Waals surface area contributed by atoms with Crippen molar-refractivity contribution in [3.63, 3.8) is 0 Å². The number of halogens is 1. The molecule has 0 N–H and O–H groups in total. The van der Waals surface area contributed by atoms with Gasteiger partial charge in [-0.3, -0.25) is 9.78 Å². The average Bonchev–Trinajstić information content (AvgIpc) is 2.15. The standard InChI is InChI=1S/C10H11FN2O/c1-7(13(2)3)10(14)8-4-9(11)6-12-5-8/h4-6H,1H2,2-3H3. The zero-order chi connectivity index (χ0) is 10.7. The van der Waals surface area contributed by atoms with Gasteiger partial charge in [0.1, 0.15) is 5.82 Å². The van der Waals surface area contributed by atoms with Gasteiger partial charge in [-0.15, -0.1) is 0 Å². The lowest BCUT2D eigenvalue weighted by atomic mass is 10.1. The van der Waals surface area contributed by atoms with Gasteiger partial charge in [-0.05, 0) is 6.07 Å². The third-order valence-corrected chi connectivity index (χ3v) is 1.77. The zero-order valence-electron chi connectivity index (χ0n) is 8.12. The summed E-state index contributed by atoms with van der Waals surface area (Å²) in [7, 11) is 3.40. The number of ketones is 1. The van der Waals surface area contributed by atoms with Crippen molar-refractivity contribution in [2.75, 3.05) is 14.1 Å². The molecule has 1 aromatic heterocycles. The Morgan fingerprint density at radius 2 is 2.14 bits per heavy atom. The normalized spacial score (nSPS) is 9.64. The van der Waals surface area contributed by atoms with E-state index in [0.29, 0.717) is 5.70 Å². The van der Waals surface area contributed by atoms with Crippen LogP contribution in [-0.4, -0.2) is 29.8 Å². The fraction of sp³-hybridized carbons (Fsp3) is 0.200. The van der Waals surface area contributed by atoms with Crippen molar-refractivity contribution in [3.05, 3.63) is 42.1 Å². The third kappa shape index (κ3) is 2.16. The Morgan fingerprint density at radius 1 is 1.50 bits per heavy atom. The number of nitrogens with zero attached hydrogens (tertiary/aromatic N) is 2. The second kappa shape index (κ2) is 4.00. The van der Waals surface area contributed by atoms with Crippen LogP contribution in [0.4, 0.5) is 4.39 Å². The number of hydrogen-bond donors (Lipinski definition) is 0. The minimum absolute atomic E-state index is 0.212. The van der Waals surface area contributed by atoms with E-state index in [4.69, 9.17) is 0 Å². The van der Waals surface area contributed by atoms with Crippen LogP contribution in [0.3, 0.4) is 0 Å². The maximum absolute atomic E-state index is 12.7. The summed E-state index contributed by atoms with van der Waals surface area (Å²) >= 11 is 0. The molecule has 0 radical (unpaired) electrons. The number of aromatic nitrogens is 1. The molecule has 0 atom stereocenters. The van der Waals surface area contributed by atoms with Gasteiger partial charge >= 0.3 is 0 Å². The summed E-state index contributed by atoms with van der Waals surface area (Å²) in [6, 6.07) is 1.14. The van der Waals surface area contributed by atoms with E-state index in [1.807, 2.05) is 0 Å². The van der Waals surface area contributed by atoms with Gasteiger partial charge in [-0.1, -0.05) is 6.58 Å². The predicted molar refractivity (Wildman–Crippen MR) is 51.4 cm³/mol. The van der Waals surface area contributed by atoms with E-state index in [9.17, 15) is 9.18 Å². The minimum atomic E-state index is -0.526. The number of hydrogen-bond acceptors (Lipinski definition) is 3. The molecule has 1 rings (SSSR count). The highest BCUT2D eigenvalue weighted by atomic mass is 19.1. The van der Waals surface area contributed by atoms with Gasteiger partial charge in [0.2, 0.25) is 5.78 Å². The van der Waals surface area contributed by atoms with Crippen molar-refractivity contribution in [1.82, 2.24) is 9.88 Å². The molecule has 14 heavy (non-hydrogen) atoms. The molecule has 0 aliphatic carbocycles. The summed E-state index contributed by atoms with van der Waals surface area (Å²) in [6.07, 6.45) is 2.37. The lowest BCUT2D eigenvalue weighted by Gasteiger charge is -2.13.